The Morgan fingerprint density at radius 1 is 1.53 bits per heavy atom. The second-order valence-electron chi connectivity index (χ2n) is 3.84. The van der Waals surface area contributed by atoms with Gasteiger partial charge in [0.15, 0.2) is 0 Å². The number of hydrogen-bond donors (Lipinski definition) is 1. The summed E-state index contributed by atoms with van der Waals surface area (Å²) in [7, 11) is 0. The smallest absolute Gasteiger partial charge is 0.103 e. The van der Waals surface area contributed by atoms with E-state index >= 15 is 0 Å². The van der Waals surface area contributed by atoms with Gasteiger partial charge in [0, 0.05) is 10.8 Å². The van der Waals surface area contributed by atoms with Crippen molar-refractivity contribution in [2.45, 2.75) is 24.2 Å². The zero-order valence-electron chi connectivity index (χ0n) is 8.60. The first-order valence-corrected chi connectivity index (χ1v) is 6.07. The monoisotopic (exact) mass is 219 g/mol. The topological polar surface area (TPSA) is 44.0 Å². The van der Waals surface area contributed by atoms with Crippen molar-refractivity contribution in [3.8, 4) is 6.07 Å². The molecule has 1 aromatic rings. The van der Waals surface area contributed by atoms with E-state index in [1.165, 1.54) is 0 Å². The Hall–Kier alpha value is -0.980. The van der Waals surface area contributed by atoms with Gasteiger partial charge in [0.25, 0.3) is 0 Å². The molecule has 1 fully saturated rings. The van der Waals surface area contributed by atoms with Crippen molar-refractivity contribution in [1.29, 1.82) is 5.26 Å². The molecule has 78 valence electrons. The van der Waals surface area contributed by atoms with Crippen LogP contribution in [0.1, 0.15) is 24.5 Å². The highest BCUT2D eigenvalue weighted by Crippen LogP contribution is 2.43. The van der Waals surface area contributed by atoms with Crippen molar-refractivity contribution in [2.75, 3.05) is 5.75 Å². The van der Waals surface area contributed by atoms with Crippen LogP contribution >= 0.6 is 11.8 Å². The van der Waals surface area contributed by atoms with Gasteiger partial charge >= 0.3 is 0 Å². The van der Waals surface area contributed by atoms with E-state index in [-0.39, 0.29) is 5.25 Å². The number of rotatable bonds is 1. The summed E-state index contributed by atoms with van der Waals surface area (Å²) in [5.74, 6) is 0.956. The Morgan fingerprint density at radius 3 is 2.87 bits per heavy atom. The first kappa shape index (κ1) is 10.5. The van der Waals surface area contributed by atoms with Crippen LogP contribution in [0.2, 0.25) is 0 Å². The van der Waals surface area contributed by atoms with Crippen molar-refractivity contribution in [3.63, 3.8) is 0 Å². The SMILES string of the molecule is C[C@H]1SCC[C@]1(O)c1ccccc1C#N. The van der Waals surface area contributed by atoms with Gasteiger partial charge in [-0.05, 0) is 18.2 Å². The number of nitrogens with zero attached hydrogens (tertiary/aromatic N) is 1. The van der Waals surface area contributed by atoms with Gasteiger partial charge in [-0.2, -0.15) is 17.0 Å². The molecular formula is C12H13NOS. The first-order chi connectivity index (χ1) is 7.18. The number of aliphatic hydroxyl groups is 1. The highest BCUT2D eigenvalue weighted by Gasteiger charge is 2.41. The minimum atomic E-state index is -0.822. The Kier molecular flexibility index (Phi) is 2.72. The average molecular weight is 219 g/mol. The Balaban J connectivity index is 2.49. The van der Waals surface area contributed by atoms with Crippen LogP contribution in [-0.4, -0.2) is 16.1 Å². The van der Waals surface area contributed by atoms with E-state index in [0.717, 1.165) is 17.7 Å². The van der Waals surface area contributed by atoms with Gasteiger partial charge in [0.05, 0.1) is 11.6 Å². The van der Waals surface area contributed by atoms with E-state index in [0.29, 0.717) is 5.56 Å². The van der Waals surface area contributed by atoms with Crippen molar-refractivity contribution in [1.82, 2.24) is 0 Å². The molecular weight excluding hydrogens is 206 g/mol. The Morgan fingerprint density at radius 2 is 2.27 bits per heavy atom. The highest BCUT2D eigenvalue weighted by atomic mass is 32.2. The molecule has 1 aliphatic rings. The molecule has 2 rings (SSSR count). The van der Waals surface area contributed by atoms with Crippen LogP contribution in [0.4, 0.5) is 0 Å². The highest BCUT2D eigenvalue weighted by molar-refractivity contribution is 8.00. The standard InChI is InChI=1S/C12H13NOS/c1-9-12(14,6-7-15-9)11-5-3-2-4-10(11)8-13/h2-5,9,14H,6-7H2,1H3/t9-,12-/m1/s1. The zero-order chi connectivity index (χ0) is 10.9. The summed E-state index contributed by atoms with van der Waals surface area (Å²) in [5.41, 5.74) is 0.552. The van der Waals surface area contributed by atoms with Crippen molar-refractivity contribution >= 4 is 11.8 Å². The van der Waals surface area contributed by atoms with E-state index in [1.54, 1.807) is 17.8 Å². The number of hydrogen-bond acceptors (Lipinski definition) is 3. The molecule has 1 aliphatic heterocycles. The molecule has 0 bridgehead atoms. The molecule has 0 radical (unpaired) electrons. The lowest BCUT2D eigenvalue weighted by atomic mass is 9.86. The molecule has 0 aromatic heterocycles. The molecule has 15 heavy (non-hydrogen) atoms. The summed E-state index contributed by atoms with van der Waals surface area (Å²) >= 11 is 1.76. The maximum absolute atomic E-state index is 10.6. The third kappa shape index (κ3) is 1.64. The van der Waals surface area contributed by atoms with E-state index in [2.05, 4.69) is 6.07 Å². The van der Waals surface area contributed by atoms with E-state index in [4.69, 9.17) is 5.26 Å². The minimum Gasteiger partial charge on any atom is -0.384 e. The lowest BCUT2D eigenvalue weighted by Crippen LogP contribution is -2.32. The molecule has 0 aliphatic carbocycles. The summed E-state index contributed by atoms with van der Waals surface area (Å²) in [4.78, 5) is 0. The lowest BCUT2D eigenvalue weighted by molar-refractivity contribution is 0.0424. The quantitative estimate of drug-likeness (QED) is 0.788. The lowest BCUT2D eigenvalue weighted by Gasteiger charge is -2.28. The maximum atomic E-state index is 10.6. The van der Waals surface area contributed by atoms with Crippen LogP contribution in [-0.2, 0) is 5.60 Å². The largest absolute Gasteiger partial charge is 0.384 e. The van der Waals surface area contributed by atoms with Crippen molar-refractivity contribution in [2.24, 2.45) is 0 Å². The summed E-state index contributed by atoms with van der Waals surface area (Å²) < 4.78 is 0. The summed E-state index contributed by atoms with van der Waals surface area (Å²) in [6.45, 7) is 2.02. The number of benzene rings is 1. The Labute approximate surface area is 93.9 Å². The van der Waals surface area contributed by atoms with Crippen LogP contribution in [0.25, 0.3) is 0 Å². The van der Waals surface area contributed by atoms with Gasteiger partial charge in [0.2, 0.25) is 0 Å². The van der Waals surface area contributed by atoms with Crippen LogP contribution in [0.3, 0.4) is 0 Å². The molecule has 0 spiro atoms. The fourth-order valence-corrected chi connectivity index (χ4v) is 3.35. The molecule has 1 N–H and O–H groups in total. The number of thioether (sulfide) groups is 1. The van der Waals surface area contributed by atoms with Crippen LogP contribution in [0.15, 0.2) is 24.3 Å². The molecule has 2 atom stereocenters. The van der Waals surface area contributed by atoms with Gasteiger partial charge in [-0.25, -0.2) is 0 Å². The molecule has 1 aromatic carbocycles. The Bertz CT molecular complexity index is 412. The van der Waals surface area contributed by atoms with Crippen molar-refractivity contribution < 1.29 is 5.11 Å². The van der Waals surface area contributed by atoms with Gasteiger partial charge in [-0.3, -0.25) is 0 Å². The molecule has 0 unspecified atom stereocenters. The van der Waals surface area contributed by atoms with Crippen LogP contribution < -0.4 is 0 Å². The van der Waals surface area contributed by atoms with Gasteiger partial charge in [-0.15, -0.1) is 0 Å². The van der Waals surface area contributed by atoms with E-state index in [1.807, 2.05) is 25.1 Å². The molecule has 2 nitrogen and oxygen atoms in total. The summed E-state index contributed by atoms with van der Waals surface area (Å²) in [6, 6.07) is 9.49. The van der Waals surface area contributed by atoms with Gasteiger partial charge in [0.1, 0.15) is 5.60 Å². The molecule has 1 saturated heterocycles. The molecule has 3 heteroatoms. The van der Waals surface area contributed by atoms with Gasteiger partial charge < -0.3 is 5.11 Å². The number of nitriles is 1. The van der Waals surface area contributed by atoms with Crippen molar-refractivity contribution in [3.05, 3.63) is 35.4 Å². The van der Waals surface area contributed by atoms with Gasteiger partial charge in [-0.1, -0.05) is 25.1 Å². The van der Waals surface area contributed by atoms with E-state index in [9.17, 15) is 5.11 Å². The predicted molar refractivity (Wildman–Crippen MR) is 61.6 cm³/mol. The third-order valence-electron chi connectivity index (χ3n) is 3.04. The van der Waals surface area contributed by atoms with E-state index < -0.39 is 5.60 Å². The zero-order valence-corrected chi connectivity index (χ0v) is 9.42. The first-order valence-electron chi connectivity index (χ1n) is 5.02. The minimum absolute atomic E-state index is 0.159. The fraction of sp³-hybridized carbons (Fsp3) is 0.417. The summed E-state index contributed by atoms with van der Waals surface area (Å²) in [5, 5.41) is 19.7. The predicted octanol–water partition coefficient (Wildman–Crippen LogP) is 2.27. The van der Waals surface area contributed by atoms with Crippen LogP contribution in [0, 0.1) is 11.3 Å². The normalized spacial score (nSPS) is 30.1. The molecule has 0 saturated carbocycles. The molecule has 1 heterocycles. The summed E-state index contributed by atoms with van der Waals surface area (Å²) in [6.07, 6.45) is 0.734. The second-order valence-corrected chi connectivity index (χ2v) is 5.29. The molecule has 0 amide bonds. The maximum Gasteiger partial charge on any atom is 0.103 e. The average Bonchev–Trinajstić information content (AvgIpc) is 2.60. The third-order valence-corrected chi connectivity index (χ3v) is 4.37. The fourth-order valence-electron chi connectivity index (χ4n) is 2.04. The second kappa shape index (κ2) is 3.88. The van der Waals surface area contributed by atoms with Crippen LogP contribution in [0.5, 0.6) is 0 Å².